The first-order valence-corrected chi connectivity index (χ1v) is 5.23. The Morgan fingerprint density at radius 1 is 1.35 bits per heavy atom. The molecule has 1 aromatic rings. The Hall–Kier alpha value is -1.42. The normalized spacial score (nSPS) is 11.4. The second kappa shape index (κ2) is 5.77. The highest BCUT2D eigenvalue weighted by Crippen LogP contribution is 2.20. The monoisotopic (exact) mass is 277 g/mol. The van der Waals surface area contributed by atoms with E-state index in [2.05, 4.69) is 4.74 Å². The SMILES string of the molecule is COc1cccc[n+]1F.O=S(=O)([O-])C(F)(F)F. The van der Waals surface area contributed by atoms with Gasteiger partial charge in [-0.05, 0) is 6.07 Å². The maximum absolute atomic E-state index is 12.4. The van der Waals surface area contributed by atoms with Crippen LogP contribution in [0, 0.1) is 0 Å². The molecule has 5 nitrogen and oxygen atoms in total. The predicted octanol–water partition coefficient (Wildman–Crippen LogP) is 0.767. The van der Waals surface area contributed by atoms with Crippen LogP contribution in [0.25, 0.3) is 0 Å². The highest BCUT2D eigenvalue weighted by molar-refractivity contribution is 7.86. The van der Waals surface area contributed by atoms with Gasteiger partial charge in [-0.25, -0.2) is 8.42 Å². The summed E-state index contributed by atoms with van der Waals surface area (Å²) in [4.78, 5) is 0.417. The molecular formula is C7H7F4NO4S. The van der Waals surface area contributed by atoms with Crippen LogP contribution in [0.2, 0.25) is 0 Å². The van der Waals surface area contributed by atoms with E-state index in [4.69, 9.17) is 13.0 Å². The van der Waals surface area contributed by atoms with Crippen molar-refractivity contribution in [2.75, 3.05) is 7.11 Å². The fourth-order valence-corrected chi connectivity index (χ4v) is 0.563. The molecule has 0 aliphatic rings. The topological polar surface area (TPSA) is 70.3 Å². The largest absolute Gasteiger partial charge is 0.741 e. The van der Waals surface area contributed by atoms with Crippen LogP contribution in [0.4, 0.5) is 17.7 Å². The van der Waals surface area contributed by atoms with Gasteiger partial charge in [0.1, 0.15) is 0 Å². The Bertz CT molecular complexity index is 459. The summed E-state index contributed by atoms with van der Waals surface area (Å²) in [5.41, 5.74) is -5.65. The number of halogens is 4. The molecule has 0 spiro atoms. The molecule has 0 saturated heterocycles. The summed E-state index contributed by atoms with van der Waals surface area (Å²) in [6, 6.07) is 4.83. The molecule has 0 amide bonds. The maximum Gasteiger partial charge on any atom is 0.485 e. The molecule has 0 unspecified atom stereocenters. The first-order chi connectivity index (χ1) is 7.59. The number of ether oxygens (including phenoxy) is 1. The zero-order chi connectivity index (χ0) is 13.7. The van der Waals surface area contributed by atoms with Crippen molar-refractivity contribution in [2.45, 2.75) is 5.51 Å². The Labute approximate surface area is 93.9 Å². The summed E-state index contributed by atoms with van der Waals surface area (Å²) in [5, 5.41) is 0. The number of aromatic nitrogens is 1. The summed E-state index contributed by atoms with van der Waals surface area (Å²) in [5.74, 6) is 0.206. The zero-order valence-electron chi connectivity index (χ0n) is 8.31. The fraction of sp³-hybridized carbons (Fsp3) is 0.286. The van der Waals surface area contributed by atoms with Crippen molar-refractivity contribution in [3.05, 3.63) is 24.4 Å². The molecule has 0 fully saturated rings. The van der Waals surface area contributed by atoms with Crippen LogP contribution in [-0.2, 0) is 10.1 Å². The van der Waals surface area contributed by atoms with E-state index < -0.39 is 15.6 Å². The van der Waals surface area contributed by atoms with E-state index in [9.17, 15) is 17.7 Å². The molecule has 1 rings (SSSR count). The Kier molecular flexibility index (Phi) is 5.29. The standard InChI is InChI=1S/C6H7FNO.CHF3O3S/c1-9-6-4-2-3-5-8(6)7;2-1(3,4)8(5,6)7/h2-5H,1H3;(H,5,6,7)/q+1;/p-1. The average Bonchev–Trinajstić information content (AvgIpc) is 2.16. The minimum Gasteiger partial charge on any atom is -0.741 e. The van der Waals surface area contributed by atoms with Crippen molar-refractivity contribution in [1.82, 2.24) is 0 Å². The van der Waals surface area contributed by atoms with Gasteiger partial charge in [0.25, 0.3) is 0 Å². The van der Waals surface area contributed by atoms with Gasteiger partial charge >= 0.3 is 11.4 Å². The molecule has 0 N–H and O–H groups in total. The number of alkyl halides is 3. The van der Waals surface area contributed by atoms with Crippen molar-refractivity contribution in [3.8, 4) is 5.88 Å². The van der Waals surface area contributed by atoms with Gasteiger partial charge in [-0.1, -0.05) is 0 Å². The van der Waals surface area contributed by atoms with Crippen LogP contribution >= 0.6 is 0 Å². The van der Waals surface area contributed by atoms with Crippen LogP contribution < -0.4 is 9.53 Å². The zero-order valence-corrected chi connectivity index (χ0v) is 9.13. The number of methoxy groups -OCH3 is 1. The molecule has 0 aliphatic carbocycles. The summed E-state index contributed by atoms with van der Waals surface area (Å²) in [6.45, 7) is 0. The fourth-order valence-electron chi connectivity index (χ4n) is 0.563. The molecule has 98 valence electrons. The van der Waals surface area contributed by atoms with Crippen molar-refractivity contribution in [2.24, 2.45) is 0 Å². The Balaban J connectivity index is 0.000000304. The van der Waals surface area contributed by atoms with E-state index in [0.717, 1.165) is 0 Å². The number of nitrogens with zero attached hydrogens (tertiary/aromatic N) is 1. The van der Waals surface area contributed by atoms with Crippen molar-refractivity contribution < 1.29 is 40.1 Å². The van der Waals surface area contributed by atoms with Gasteiger partial charge in [-0.2, -0.15) is 13.2 Å². The lowest BCUT2D eigenvalue weighted by Gasteiger charge is -2.08. The third-order valence-electron chi connectivity index (χ3n) is 1.27. The predicted molar refractivity (Wildman–Crippen MR) is 45.4 cm³/mol. The van der Waals surface area contributed by atoms with Gasteiger partial charge in [0, 0.05) is 6.07 Å². The molecule has 17 heavy (non-hydrogen) atoms. The van der Waals surface area contributed by atoms with E-state index in [1.807, 2.05) is 0 Å². The first kappa shape index (κ1) is 15.6. The van der Waals surface area contributed by atoms with Crippen molar-refractivity contribution >= 4 is 10.1 Å². The number of hydrogen-bond acceptors (Lipinski definition) is 4. The minimum absolute atomic E-state index is 0.206. The Morgan fingerprint density at radius 3 is 2.06 bits per heavy atom. The van der Waals surface area contributed by atoms with Crippen LogP contribution in [-0.4, -0.2) is 25.6 Å². The summed E-state index contributed by atoms with van der Waals surface area (Å²) in [7, 11) is -4.67. The lowest BCUT2D eigenvalue weighted by molar-refractivity contribution is -0.846. The maximum atomic E-state index is 12.4. The second-order valence-corrected chi connectivity index (χ2v) is 3.83. The van der Waals surface area contributed by atoms with Gasteiger partial charge in [-0.15, -0.1) is 0 Å². The molecule has 1 aromatic heterocycles. The molecule has 0 saturated carbocycles. The van der Waals surface area contributed by atoms with E-state index >= 15 is 0 Å². The van der Waals surface area contributed by atoms with E-state index in [-0.39, 0.29) is 5.88 Å². The molecule has 0 bridgehead atoms. The first-order valence-electron chi connectivity index (χ1n) is 3.82. The lowest BCUT2D eigenvalue weighted by atomic mass is 10.5. The molecule has 0 aliphatic heterocycles. The summed E-state index contributed by atoms with van der Waals surface area (Å²) < 4.78 is 75.9. The van der Waals surface area contributed by atoms with Crippen LogP contribution in [0.15, 0.2) is 24.4 Å². The van der Waals surface area contributed by atoms with Crippen molar-refractivity contribution in [1.29, 1.82) is 0 Å². The minimum atomic E-state index is -6.09. The lowest BCUT2D eigenvalue weighted by Crippen LogP contribution is -2.23. The third kappa shape index (κ3) is 5.45. The van der Waals surface area contributed by atoms with Crippen molar-refractivity contribution in [3.63, 3.8) is 0 Å². The van der Waals surface area contributed by atoms with Crippen LogP contribution in [0.1, 0.15) is 0 Å². The number of hydrogen-bond donors (Lipinski definition) is 0. The van der Waals surface area contributed by atoms with Gasteiger partial charge in [0.2, 0.25) is 6.20 Å². The average molecular weight is 277 g/mol. The third-order valence-corrected chi connectivity index (χ3v) is 1.84. The number of pyridine rings is 1. The molecule has 0 atom stereocenters. The molecular weight excluding hydrogens is 270 g/mol. The van der Waals surface area contributed by atoms with Gasteiger partial charge < -0.3 is 9.29 Å². The van der Waals surface area contributed by atoms with E-state index in [1.54, 1.807) is 18.2 Å². The number of rotatable bonds is 1. The summed E-state index contributed by atoms with van der Waals surface area (Å²) >= 11 is 0. The smallest absolute Gasteiger partial charge is 0.485 e. The molecule has 0 radical (unpaired) electrons. The Morgan fingerprint density at radius 2 is 1.82 bits per heavy atom. The van der Waals surface area contributed by atoms with E-state index in [0.29, 0.717) is 4.79 Å². The van der Waals surface area contributed by atoms with Gasteiger partial charge in [0.05, 0.1) is 22.4 Å². The quantitative estimate of drug-likeness (QED) is 0.432. The van der Waals surface area contributed by atoms with Gasteiger partial charge in [0.15, 0.2) is 10.1 Å². The molecule has 10 heteroatoms. The highest BCUT2D eigenvalue weighted by Gasteiger charge is 2.36. The summed E-state index contributed by atoms with van der Waals surface area (Å²) in [6.07, 6.45) is 1.28. The van der Waals surface area contributed by atoms with Crippen LogP contribution in [0.3, 0.4) is 0 Å². The highest BCUT2D eigenvalue weighted by atomic mass is 32.2. The molecule has 1 heterocycles. The second-order valence-electron chi connectivity index (χ2n) is 2.45. The van der Waals surface area contributed by atoms with Crippen LogP contribution in [0.5, 0.6) is 5.88 Å². The van der Waals surface area contributed by atoms with Gasteiger partial charge in [-0.3, -0.25) is 0 Å². The molecule has 0 aromatic carbocycles. The van der Waals surface area contributed by atoms with E-state index in [1.165, 1.54) is 13.3 Å².